The average molecular weight is 748 g/mol. The Kier molecular flexibility index (Phi) is 8.21. The molecule has 2 bridgehead atoms. The summed E-state index contributed by atoms with van der Waals surface area (Å²) >= 11 is 0. The smallest absolute Gasteiger partial charge is 0.471 e. The molecule has 4 saturated heterocycles. The molecule has 2 unspecified atom stereocenters. The highest BCUT2D eigenvalue weighted by molar-refractivity contribution is 6.04. The highest BCUT2D eigenvalue weighted by atomic mass is 19.4. The molecule has 0 radical (unpaired) electrons. The van der Waals surface area contributed by atoms with E-state index in [0.29, 0.717) is 29.2 Å². The zero-order valence-electron chi connectivity index (χ0n) is 29.4. The van der Waals surface area contributed by atoms with Gasteiger partial charge in [-0.1, -0.05) is 18.1 Å². The summed E-state index contributed by atoms with van der Waals surface area (Å²) in [5, 5.41) is 11.4. The lowest BCUT2D eigenvalue weighted by molar-refractivity contribution is -0.188. The van der Waals surface area contributed by atoms with Crippen LogP contribution in [0.1, 0.15) is 50.5 Å². The molecule has 4 aliphatic heterocycles. The van der Waals surface area contributed by atoms with Crippen molar-refractivity contribution in [2.24, 2.45) is 5.41 Å². The van der Waals surface area contributed by atoms with Crippen LogP contribution in [0.2, 0.25) is 0 Å². The number of alkyl halides is 3. The summed E-state index contributed by atoms with van der Waals surface area (Å²) in [6.45, 7) is 3.50. The number of piperazine rings is 1. The standard InChI is InChI=1S/C40H38F5N5O4/c1-2-23-6-5-7-24-14-27(51)15-28(31(23)24)32-30(41)16-29-34(33(32)42)46-37(53-22-38(11-12-38)19-48-20-39(21-48)10-3-4-13-54-39)47-35(29)49-17-25-8-9-26(18-49)50(25)36(52)40(43,44)45/h1,5-7,14-16,25-26,51H,3-4,8-13,17-22H2. The van der Waals surface area contributed by atoms with Crippen molar-refractivity contribution in [1.82, 2.24) is 19.8 Å². The predicted molar refractivity (Wildman–Crippen MR) is 190 cm³/mol. The van der Waals surface area contributed by atoms with E-state index in [2.05, 4.69) is 20.8 Å². The monoisotopic (exact) mass is 747 g/mol. The number of phenolic OH excluding ortho intramolecular Hbond substituents is 1. The van der Waals surface area contributed by atoms with Gasteiger partial charge in [-0.25, -0.2) is 8.78 Å². The van der Waals surface area contributed by atoms with Crippen LogP contribution in [0.15, 0.2) is 36.4 Å². The molecule has 4 aromatic rings. The first-order valence-corrected chi connectivity index (χ1v) is 18.4. The number of carbonyl (C=O) groups is 1. The largest absolute Gasteiger partial charge is 0.508 e. The molecule has 54 heavy (non-hydrogen) atoms. The summed E-state index contributed by atoms with van der Waals surface area (Å²) in [5.74, 6) is -1.47. The third-order valence-electron chi connectivity index (χ3n) is 12.0. The highest BCUT2D eigenvalue weighted by Gasteiger charge is 2.53. The fourth-order valence-corrected chi connectivity index (χ4v) is 9.25. The van der Waals surface area contributed by atoms with Gasteiger partial charge in [0, 0.05) is 66.6 Å². The molecule has 2 atom stereocenters. The minimum absolute atomic E-state index is 0.00257. The first-order chi connectivity index (χ1) is 25.9. The summed E-state index contributed by atoms with van der Waals surface area (Å²) in [4.78, 5) is 26.5. The van der Waals surface area contributed by atoms with E-state index < -0.39 is 41.4 Å². The van der Waals surface area contributed by atoms with Crippen LogP contribution >= 0.6 is 0 Å². The van der Waals surface area contributed by atoms with Gasteiger partial charge in [-0.15, -0.1) is 6.42 Å². The lowest BCUT2D eigenvalue weighted by Crippen LogP contribution is -2.65. The molecule has 14 heteroatoms. The number of terminal acetylenes is 1. The Hall–Kier alpha value is -4.74. The van der Waals surface area contributed by atoms with Crippen LogP contribution in [0.4, 0.5) is 27.8 Å². The number of hydrogen-bond donors (Lipinski definition) is 1. The minimum atomic E-state index is -5.03. The van der Waals surface area contributed by atoms with Gasteiger partial charge in [-0.05, 0) is 74.6 Å². The Morgan fingerprint density at radius 3 is 2.48 bits per heavy atom. The van der Waals surface area contributed by atoms with Crippen LogP contribution in [0.5, 0.6) is 11.8 Å². The minimum Gasteiger partial charge on any atom is -0.508 e. The summed E-state index contributed by atoms with van der Waals surface area (Å²) in [7, 11) is 0. The number of carbonyl (C=O) groups excluding carboxylic acids is 1. The van der Waals surface area contributed by atoms with E-state index in [0.717, 1.165) is 69.3 Å². The number of aromatic nitrogens is 2. The van der Waals surface area contributed by atoms with Crippen LogP contribution in [-0.2, 0) is 9.53 Å². The van der Waals surface area contributed by atoms with Gasteiger partial charge in [0.05, 0.1) is 29.9 Å². The van der Waals surface area contributed by atoms with Gasteiger partial charge >= 0.3 is 18.1 Å². The SMILES string of the molecule is C#Cc1cccc2cc(O)cc(-c3c(F)cc4c(N5CC6CCC(C5)N6C(=O)C(F)(F)F)nc(OCC5(CN6CC7(CCCCO7)C6)CC5)nc4c3F)c12. The number of amides is 1. The summed E-state index contributed by atoms with van der Waals surface area (Å²) in [6, 6.07) is 7.11. The van der Waals surface area contributed by atoms with E-state index in [-0.39, 0.29) is 64.8 Å². The first-order valence-electron chi connectivity index (χ1n) is 18.4. The van der Waals surface area contributed by atoms with Gasteiger partial charge < -0.3 is 24.4 Å². The number of benzene rings is 3. The lowest BCUT2D eigenvalue weighted by atomic mass is 9.85. The molecule has 3 aromatic carbocycles. The Bertz CT molecular complexity index is 2210. The first kappa shape index (κ1) is 35.0. The van der Waals surface area contributed by atoms with Gasteiger partial charge in [0.25, 0.3) is 0 Å². The van der Waals surface area contributed by atoms with Crippen molar-refractivity contribution in [1.29, 1.82) is 0 Å². The van der Waals surface area contributed by atoms with E-state index in [1.807, 2.05) is 0 Å². The molecular formula is C40H38F5N5O4. The second-order valence-corrected chi connectivity index (χ2v) is 15.7. The second kappa shape index (κ2) is 12.7. The zero-order chi connectivity index (χ0) is 37.6. The molecule has 1 aromatic heterocycles. The number of phenols is 1. The van der Waals surface area contributed by atoms with Crippen LogP contribution < -0.4 is 9.64 Å². The summed E-state index contributed by atoms with van der Waals surface area (Å²) in [5.41, 5.74) is -0.541. The number of likely N-dealkylation sites (tertiary alicyclic amines) is 1. The number of rotatable bonds is 7. The third kappa shape index (κ3) is 5.96. The fraction of sp³-hybridized carbons (Fsp3) is 0.475. The maximum absolute atomic E-state index is 17.1. The van der Waals surface area contributed by atoms with Crippen LogP contribution in [-0.4, -0.2) is 101 Å². The molecule has 9 nitrogen and oxygen atoms in total. The normalized spacial score (nSPS) is 23.1. The Labute approximate surface area is 308 Å². The van der Waals surface area contributed by atoms with Crippen LogP contribution in [0.3, 0.4) is 0 Å². The maximum atomic E-state index is 17.1. The Morgan fingerprint density at radius 2 is 1.81 bits per heavy atom. The average Bonchev–Trinajstić information content (AvgIpc) is 3.85. The number of fused-ring (bicyclic) bond motifs is 4. The fourth-order valence-electron chi connectivity index (χ4n) is 9.25. The van der Waals surface area contributed by atoms with Crippen molar-refractivity contribution >= 4 is 33.4 Å². The maximum Gasteiger partial charge on any atom is 0.471 e. The molecule has 1 spiro atoms. The number of halogens is 5. The zero-order valence-corrected chi connectivity index (χ0v) is 29.4. The molecule has 1 aliphatic carbocycles. The van der Waals surface area contributed by atoms with E-state index >= 15 is 8.78 Å². The summed E-state index contributed by atoms with van der Waals surface area (Å²) < 4.78 is 86.5. The van der Waals surface area contributed by atoms with E-state index in [9.17, 15) is 23.1 Å². The van der Waals surface area contributed by atoms with Gasteiger partial charge in [0.15, 0.2) is 5.82 Å². The van der Waals surface area contributed by atoms with Crippen molar-refractivity contribution in [2.75, 3.05) is 50.8 Å². The van der Waals surface area contributed by atoms with Crippen molar-refractivity contribution in [3.63, 3.8) is 0 Å². The molecular weight excluding hydrogens is 709 g/mol. The molecule has 5 heterocycles. The molecule has 5 fully saturated rings. The predicted octanol–water partition coefficient (Wildman–Crippen LogP) is 6.57. The molecule has 9 rings (SSSR count). The van der Waals surface area contributed by atoms with E-state index in [1.54, 1.807) is 23.1 Å². The number of hydrogen-bond acceptors (Lipinski definition) is 8. The lowest BCUT2D eigenvalue weighted by Gasteiger charge is -2.52. The van der Waals surface area contributed by atoms with Gasteiger partial charge in [0.2, 0.25) is 0 Å². The number of nitrogens with zero attached hydrogens (tertiary/aromatic N) is 5. The molecule has 1 amide bonds. The Morgan fingerprint density at radius 1 is 1.06 bits per heavy atom. The van der Waals surface area contributed by atoms with Gasteiger partial charge in [-0.3, -0.25) is 9.69 Å². The van der Waals surface area contributed by atoms with Crippen LogP contribution in [0.25, 0.3) is 32.8 Å². The van der Waals surface area contributed by atoms with Crippen LogP contribution in [0, 0.1) is 29.4 Å². The number of aromatic hydroxyl groups is 1. The quantitative estimate of drug-likeness (QED) is 0.168. The highest BCUT2D eigenvalue weighted by Crippen LogP contribution is 2.49. The van der Waals surface area contributed by atoms with E-state index in [4.69, 9.17) is 15.9 Å². The topological polar surface area (TPSA) is 91.3 Å². The number of anilines is 1. The van der Waals surface area contributed by atoms with Crippen molar-refractivity contribution < 1.29 is 41.3 Å². The molecule has 1 saturated carbocycles. The van der Waals surface area contributed by atoms with Crippen molar-refractivity contribution in [2.45, 2.75) is 68.8 Å². The third-order valence-corrected chi connectivity index (χ3v) is 12.0. The van der Waals surface area contributed by atoms with E-state index in [1.165, 1.54) is 12.1 Å². The van der Waals surface area contributed by atoms with Gasteiger partial charge in [-0.2, -0.15) is 23.1 Å². The summed E-state index contributed by atoms with van der Waals surface area (Å²) in [6.07, 6.45) is 6.58. The number of ether oxygens (including phenoxy) is 2. The molecule has 5 aliphatic rings. The van der Waals surface area contributed by atoms with Gasteiger partial charge in [0.1, 0.15) is 22.9 Å². The Balaban J connectivity index is 1.09. The van der Waals surface area contributed by atoms with Crippen molar-refractivity contribution in [3.05, 3.63) is 53.6 Å². The second-order valence-electron chi connectivity index (χ2n) is 15.7. The molecule has 1 N–H and O–H groups in total. The van der Waals surface area contributed by atoms with Crippen molar-refractivity contribution in [3.8, 4) is 35.2 Å². The molecule has 282 valence electrons.